The van der Waals surface area contributed by atoms with E-state index >= 15 is 0 Å². The summed E-state index contributed by atoms with van der Waals surface area (Å²) in [6.45, 7) is 0. The van der Waals surface area contributed by atoms with Crippen molar-refractivity contribution in [1.29, 1.82) is 0 Å². The molecule has 0 aliphatic heterocycles. The second-order valence-electron chi connectivity index (χ2n) is 8.00. The topological polar surface area (TPSA) is 12.9 Å². The van der Waals surface area contributed by atoms with Crippen LogP contribution in [0.5, 0.6) is 0 Å². The second-order valence-corrected chi connectivity index (χ2v) is 15.8. The van der Waals surface area contributed by atoms with E-state index < -0.39 is 5.96 Å². The Balaban J connectivity index is 1.72. The predicted molar refractivity (Wildman–Crippen MR) is 147 cm³/mol. The van der Waals surface area contributed by atoms with Gasteiger partial charge in [0.15, 0.2) is 0 Å². The Morgan fingerprint density at radius 3 is 1.55 bits per heavy atom. The van der Waals surface area contributed by atoms with Gasteiger partial charge in [-0.15, -0.1) is 0 Å². The van der Waals surface area contributed by atoms with Crippen LogP contribution in [0.4, 0.5) is 0 Å². The second kappa shape index (κ2) is 9.05. The van der Waals surface area contributed by atoms with Crippen molar-refractivity contribution in [2.24, 2.45) is 0 Å². The Labute approximate surface area is 208 Å². The molecule has 0 aliphatic carbocycles. The first-order valence-electron chi connectivity index (χ1n) is 10.7. The van der Waals surface area contributed by atoms with E-state index in [1.54, 1.807) is 11.3 Å². The van der Waals surface area contributed by atoms with Crippen LogP contribution in [0.15, 0.2) is 121 Å². The van der Waals surface area contributed by atoms with E-state index in [0.717, 1.165) is 37.2 Å². The van der Waals surface area contributed by atoms with Gasteiger partial charge in [-0.05, 0) is 0 Å². The van der Waals surface area contributed by atoms with Gasteiger partial charge in [-0.3, -0.25) is 0 Å². The molecule has 1 nitrogen and oxygen atoms in total. The van der Waals surface area contributed by atoms with Crippen LogP contribution in [0.2, 0.25) is 5.02 Å². The molecular formula is C28H22Cl2NPS. The number of aromatic nitrogens is 1. The van der Waals surface area contributed by atoms with Crippen molar-refractivity contribution in [2.75, 3.05) is 0 Å². The van der Waals surface area contributed by atoms with E-state index in [1.165, 1.54) is 0 Å². The van der Waals surface area contributed by atoms with Crippen LogP contribution in [0, 0.1) is 0 Å². The van der Waals surface area contributed by atoms with Crippen LogP contribution >= 0.6 is 40.1 Å². The van der Waals surface area contributed by atoms with Crippen LogP contribution in [0.3, 0.4) is 0 Å². The Morgan fingerprint density at radius 2 is 1.09 bits per heavy atom. The molecule has 0 radical (unpaired) electrons. The summed E-state index contributed by atoms with van der Waals surface area (Å²) in [6.07, 6.45) is 0.634. The van der Waals surface area contributed by atoms with Crippen molar-refractivity contribution in [3.8, 4) is 10.6 Å². The van der Waals surface area contributed by atoms with Crippen LogP contribution < -0.4 is 15.9 Å². The number of benzene rings is 4. The molecule has 5 aromatic rings. The summed E-state index contributed by atoms with van der Waals surface area (Å²) in [5, 5.41) is 7.26. The third-order valence-corrected chi connectivity index (χ3v) is 14.3. The van der Waals surface area contributed by atoms with Crippen molar-refractivity contribution >= 4 is 56.0 Å². The fourth-order valence-electron chi connectivity index (χ4n) is 4.35. The van der Waals surface area contributed by atoms with Gasteiger partial charge < -0.3 is 0 Å². The molecule has 1 heterocycles. The van der Waals surface area contributed by atoms with E-state index in [9.17, 15) is 0 Å². The Kier molecular flexibility index (Phi) is 6.12. The van der Waals surface area contributed by atoms with Crippen LogP contribution in [-0.4, -0.2) is 4.98 Å². The Hall–Kier alpha value is -2.48. The first-order valence-corrected chi connectivity index (χ1v) is 15.3. The molecule has 0 saturated carbocycles. The standard InChI is InChI=1S/C28H22Cl2NPS/c29-23-18-16-22(17-19-23)28-31-24(21-33-28)20-32(30,25-10-4-1-5-11-25,26-12-6-2-7-13-26)27-14-8-3-9-15-27/h1-19,21H,20H2. The molecule has 0 fully saturated rings. The third-order valence-electron chi connectivity index (χ3n) is 5.99. The maximum absolute atomic E-state index is 8.16. The van der Waals surface area contributed by atoms with Gasteiger partial charge in [0.1, 0.15) is 0 Å². The number of hydrogen-bond acceptors (Lipinski definition) is 2. The number of rotatable bonds is 6. The first kappa shape index (κ1) is 22.3. The minimum absolute atomic E-state index is 0.634. The summed E-state index contributed by atoms with van der Waals surface area (Å²) in [6, 6.07) is 39.4. The molecule has 1 aromatic heterocycles. The molecule has 0 amide bonds. The average molecular weight is 506 g/mol. The SMILES string of the molecule is Clc1ccc(-c2nc(CP(Cl)(c3ccccc3)(c3ccccc3)c3ccccc3)cs2)cc1. The quantitative estimate of drug-likeness (QED) is 0.216. The van der Waals surface area contributed by atoms with Crippen molar-refractivity contribution in [3.63, 3.8) is 0 Å². The van der Waals surface area contributed by atoms with Crippen LogP contribution in [0.25, 0.3) is 10.6 Å². The molecule has 164 valence electrons. The zero-order valence-corrected chi connectivity index (χ0v) is 21.0. The summed E-state index contributed by atoms with van der Waals surface area (Å²) in [5.41, 5.74) is 2.05. The van der Waals surface area contributed by atoms with E-state index in [2.05, 4.69) is 78.2 Å². The molecule has 0 unspecified atom stereocenters. The van der Waals surface area contributed by atoms with Gasteiger partial charge in [-0.1, -0.05) is 0 Å². The number of halogens is 2. The fraction of sp³-hybridized carbons (Fsp3) is 0.0357. The molecule has 5 heteroatoms. The van der Waals surface area contributed by atoms with Gasteiger partial charge in [-0.2, -0.15) is 0 Å². The number of nitrogens with zero attached hydrogens (tertiary/aromatic N) is 1. The van der Waals surface area contributed by atoms with E-state index in [1.807, 2.05) is 42.5 Å². The predicted octanol–water partition coefficient (Wildman–Crippen LogP) is 7.65. The first-order chi connectivity index (χ1) is 16.1. The molecule has 0 spiro atoms. The normalized spacial score (nSPS) is 12.7. The van der Waals surface area contributed by atoms with Gasteiger partial charge in [0.25, 0.3) is 0 Å². The zero-order chi connectivity index (χ0) is 22.8. The molecule has 5 rings (SSSR count). The molecule has 0 saturated heterocycles. The Morgan fingerprint density at radius 1 is 0.636 bits per heavy atom. The summed E-state index contributed by atoms with van der Waals surface area (Å²) in [4.78, 5) is 5.04. The summed E-state index contributed by atoms with van der Waals surface area (Å²) in [7, 11) is 0. The monoisotopic (exact) mass is 505 g/mol. The van der Waals surface area contributed by atoms with Crippen molar-refractivity contribution in [2.45, 2.75) is 6.16 Å². The molecule has 4 aromatic carbocycles. The van der Waals surface area contributed by atoms with Gasteiger partial charge >= 0.3 is 209 Å². The molecule has 33 heavy (non-hydrogen) atoms. The third kappa shape index (κ3) is 4.03. The van der Waals surface area contributed by atoms with Gasteiger partial charge in [-0.25, -0.2) is 0 Å². The van der Waals surface area contributed by atoms with Gasteiger partial charge in [0.05, 0.1) is 0 Å². The van der Waals surface area contributed by atoms with Crippen LogP contribution in [0.1, 0.15) is 5.69 Å². The van der Waals surface area contributed by atoms with Gasteiger partial charge in [0.2, 0.25) is 0 Å². The molecule has 0 atom stereocenters. The molecule has 0 N–H and O–H groups in total. The van der Waals surface area contributed by atoms with Gasteiger partial charge in [0, 0.05) is 0 Å². The summed E-state index contributed by atoms with van der Waals surface area (Å²) < 4.78 is 0. The Bertz CT molecular complexity index is 1250. The van der Waals surface area contributed by atoms with Crippen molar-refractivity contribution < 1.29 is 0 Å². The van der Waals surface area contributed by atoms with E-state index in [-0.39, 0.29) is 0 Å². The maximum atomic E-state index is 8.16. The fourth-order valence-corrected chi connectivity index (χ4v) is 11.4. The zero-order valence-electron chi connectivity index (χ0n) is 17.8. The minimum atomic E-state index is -3.38. The van der Waals surface area contributed by atoms with E-state index in [4.69, 9.17) is 27.8 Å². The average Bonchev–Trinajstić information content (AvgIpc) is 3.34. The van der Waals surface area contributed by atoms with Crippen molar-refractivity contribution in [1.82, 2.24) is 4.98 Å². The van der Waals surface area contributed by atoms with Crippen molar-refractivity contribution in [3.05, 3.63) is 131 Å². The molecule has 0 bridgehead atoms. The summed E-state index contributed by atoms with van der Waals surface area (Å²) in [5.74, 6) is -3.38. The molecule has 0 aliphatic rings. The molecular weight excluding hydrogens is 484 g/mol. The summed E-state index contributed by atoms with van der Waals surface area (Å²) >= 11 is 15.9. The van der Waals surface area contributed by atoms with E-state index in [0.29, 0.717) is 6.16 Å². The number of hydrogen-bond donors (Lipinski definition) is 0. The number of thiazole rings is 1. The van der Waals surface area contributed by atoms with Crippen LogP contribution in [-0.2, 0) is 6.16 Å².